The van der Waals surface area contributed by atoms with E-state index in [0.717, 1.165) is 30.4 Å². The van der Waals surface area contributed by atoms with Crippen LogP contribution in [-0.4, -0.2) is 28.5 Å². The van der Waals surface area contributed by atoms with Crippen molar-refractivity contribution in [3.8, 4) is 0 Å². The van der Waals surface area contributed by atoms with E-state index in [2.05, 4.69) is 25.2 Å². The molecule has 130 valence electrons. The lowest BCUT2D eigenvalue weighted by atomic mass is 9.96. The van der Waals surface area contributed by atoms with Crippen LogP contribution in [-0.2, 0) is 6.18 Å². The van der Waals surface area contributed by atoms with Crippen molar-refractivity contribution in [1.29, 1.82) is 0 Å². The number of halogens is 3. The van der Waals surface area contributed by atoms with Gasteiger partial charge in [-0.25, -0.2) is 9.97 Å². The molecule has 8 heteroatoms. The highest BCUT2D eigenvalue weighted by Gasteiger charge is 2.35. The summed E-state index contributed by atoms with van der Waals surface area (Å²) in [5, 5.41) is 3.18. The van der Waals surface area contributed by atoms with Crippen molar-refractivity contribution in [1.82, 2.24) is 15.0 Å². The molecule has 1 atom stereocenters. The maximum Gasteiger partial charge on any atom is 0.418 e. The molecule has 0 spiro atoms. The predicted molar refractivity (Wildman–Crippen MR) is 89.6 cm³/mol. The summed E-state index contributed by atoms with van der Waals surface area (Å²) in [6, 6.07) is 7.77. The largest absolute Gasteiger partial charge is 0.418 e. The normalized spacial score (nSPS) is 17.6. The standard InChI is InChI=1S/C17H16F3N5/c1-25-7-6-12(10-4-2-3-5-13(10)25)24-16-14-11(17(18,19)20)8-21-15(14)22-9-23-16/h2-5,8-9,12H,6-7H2,1H3,(H2,21,22,23,24)/t12-/m1/s1. The summed E-state index contributed by atoms with van der Waals surface area (Å²) >= 11 is 0. The molecule has 4 rings (SSSR count). The number of benzene rings is 1. The first-order valence-corrected chi connectivity index (χ1v) is 7.91. The summed E-state index contributed by atoms with van der Waals surface area (Å²) in [6.07, 6.45) is -1.50. The molecule has 1 aliphatic heterocycles. The Morgan fingerprint density at radius 3 is 2.84 bits per heavy atom. The Labute approximate surface area is 141 Å². The Kier molecular flexibility index (Phi) is 3.55. The van der Waals surface area contributed by atoms with Crippen molar-refractivity contribution in [3.05, 3.63) is 47.9 Å². The lowest BCUT2D eigenvalue weighted by molar-refractivity contribution is -0.136. The molecule has 2 aromatic heterocycles. The van der Waals surface area contributed by atoms with Gasteiger partial charge in [-0.15, -0.1) is 0 Å². The molecule has 0 amide bonds. The van der Waals surface area contributed by atoms with Crippen molar-refractivity contribution in [2.75, 3.05) is 23.8 Å². The first-order valence-electron chi connectivity index (χ1n) is 7.91. The number of rotatable bonds is 2. The molecule has 0 bridgehead atoms. The molecule has 0 aliphatic carbocycles. The molecule has 0 fully saturated rings. The third-order valence-electron chi connectivity index (χ3n) is 4.56. The number of aromatic amines is 1. The highest BCUT2D eigenvalue weighted by molar-refractivity contribution is 5.91. The summed E-state index contributed by atoms with van der Waals surface area (Å²) in [4.78, 5) is 12.7. The zero-order valence-corrected chi connectivity index (χ0v) is 13.4. The molecular formula is C17H16F3N5. The number of H-pyrrole nitrogens is 1. The van der Waals surface area contributed by atoms with Crippen molar-refractivity contribution in [3.63, 3.8) is 0 Å². The average molecular weight is 347 g/mol. The second-order valence-corrected chi connectivity index (χ2v) is 6.11. The number of nitrogens with zero attached hydrogens (tertiary/aromatic N) is 3. The number of aromatic nitrogens is 3. The predicted octanol–water partition coefficient (Wildman–Crippen LogP) is 3.97. The van der Waals surface area contributed by atoms with Gasteiger partial charge in [0, 0.05) is 25.5 Å². The van der Waals surface area contributed by atoms with E-state index in [-0.39, 0.29) is 22.9 Å². The fraction of sp³-hybridized carbons (Fsp3) is 0.294. The summed E-state index contributed by atoms with van der Waals surface area (Å²) in [5.74, 6) is 0.197. The molecule has 25 heavy (non-hydrogen) atoms. The van der Waals surface area contributed by atoms with Gasteiger partial charge in [-0.1, -0.05) is 18.2 Å². The van der Waals surface area contributed by atoms with Crippen LogP contribution in [0, 0.1) is 0 Å². The van der Waals surface area contributed by atoms with Gasteiger partial charge < -0.3 is 15.2 Å². The maximum absolute atomic E-state index is 13.3. The summed E-state index contributed by atoms with van der Waals surface area (Å²) in [6.45, 7) is 0.808. The Morgan fingerprint density at radius 2 is 2.04 bits per heavy atom. The van der Waals surface area contributed by atoms with Crippen LogP contribution < -0.4 is 10.2 Å². The molecule has 1 aromatic carbocycles. The molecule has 5 nitrogen and oxygen atoms in total. The summed E-state index contributed by atoms with van der Waals surface area (Å²) in [7, 11) is 2.01. The topological polar surface area (TPSA) is 56.8 Å². The van der Waals surface area contributed by atoms with E-state index >= 15 is 0 Å². The van der Waals surface area contributed by atoms with Gasteiger partial charge in [0.1, 0.15) is 17.8 Å². The van der Waals surface area contributed by atoms with E-state index in [1.807, 2.05) is 31.3 Å². The van der Waals surface area contributed by atoms with Gasteiger partial charge in [-0.05, 0) is 18.1 Å². The molecule has 0 saturated heterocycles. The summed E-state index contributed by atoms with van der Waals surface area (Å²) in [5.41, 5.74) is 1.53. The van der Waals surface area contributed by atoms with Crippen LogP contribution >= 0.6 is 0 Å². The van der Waals surface area contributed by atoms with Gasteiger partial charge in [0.2, 0.25) is 0 Å². The zero-order valence-electron chi connectivity index (χ0n) is 13.4. The van der Waals surface area contributed by atoms with E-state index in [1.54, 1.807) is 0 Å². The molecule has 3 heterocycles. The molecule has 0 unspecified atom stereocenters. The number of hydrogen-bond acceptors (Lipinski definition) is 4. The van der Waals surface area contributed by atoms with Gasteiger partial charge in [0.15, 0.2) is 0 Å². The Morgan fingerprint density at radius 1 is 1.24 bits per heavy atom. The Bertz CT molecular complexity index is 918. The molecule has 2 N–H and O–H groups in total. The zero-order chi connectivity index (χ0) is 17.6. The van der Waals surface area contributed by atoms with Crippen molar-refractivity contribution in [2.24, 2.45) is 0 Å². The van der Waals surface area contributed by atoms with E-state index in [1.165, 1.54) is 6.33 Å². The van der Waals surface area contributed by atoms with E-state index in [0.29, 0.717) is 0 Å². The van der Waals surface area contributed by atoms with Crippen LogP contribution in [0.4, 0.5) is 24.7 Å². The van der Waals surface area contributed by atoms with Gasteiger partial charge in [0.25, 0.3) is 0 Å². The Hall–Kier alpha value is -2.77. The molecular weight excluding hydrogens is 331 g/mol. The number of para-hydroxylation sites is 1. The number of nitrogens with one attached hydrogen (secondary N) is 2. The highest BCUT2D eigenvalue weighted by Crippen LogP contribution is 2.39. The molecule has 0 radical (unpaired) electrons. The van der Waals surface area contributed by atoms with Crippen molar-refractivity contribution < 1.29 is 13.2 Å². The van der Waals surface area contributed by atoms with Crippen LogP contribution in [0.3, 0.4) is 0 Å². The average Bonchev–Trinajstić information content (AvgIpc) is 3.03. The van der Waals surface area contributed by atoms with Crippen molar-refractivity contribution in [2.45, 2.75) is 18.6 Å². The van der Waals surface area contributed by atoms with E-state index in [4.69, 9.17) is 0 Å². The summed E-state index contributed by atoms with van der Waals surface area (Å²) < 4.78 is 39.9. The van der Waals surface area contributed by atoms with Crippen LogP contribution in [0.5, 0.6) is 0 Å². The molecule has 3 aromatic rings. The maximum atomic E-state index is 13.3. The third kappa shape index (κ3) is 2.67. The van der Waals surface area contributed by atoms with Crippen molar-refractivity contribution >= 4 is 22.5 Å². The smallest absolute Gasteiger partial charge is 0.374 e. The van der Waals surface area contributed by atoms with Gasteiger partial charge in [-0.3, -0.25) is 0 Å². The highest BCUT2D eigenvalue weighted by atomic mass is 19.4. The van der Waals surface area contributed by atoms with Gasteiger partial charge in [0.05, 0.1) is 17.0 Å². The Balaban J connectivity index is 1.77. The lowest BCUT2D eigenvalue weighted by Crippen LogP contribution is -2.30. The molecule has 0 saturated carbocycles. The van der Waals surface area contributed by atoms with Crippen LogP contribution in [0.25, 0.3) is 11.0 Å². The fourth-order valence-electron chi connectivity index (χ4n) is 3.34. The number of alkyl halides is 3. The quantitative estimate of drug-likeness (QED) is 0.736. The van der Waals surface area contributed by atoms with Gasteiger partial charge in [-0.2, -0.15) is 13.2 Å². The SMILES string of the molecule is CN1CC[C@@H](Nc2ncnc3[nH]cc(C(F)(F)F)c23)c2ccccc21. The fourth-order valence-corrected chi connectivity index (χ4v) is 3.34. The number of hydrogen-bond donors (Lipinski definition) is 2. The number of fused-ring (bicyclic) bond motifs is 2. The second kappa shape index (κ2) is 5.65. The minimum Gasteiger partial charge on any atom is -0.374 e. The second-order valence-electron chi connectivity index (χ2n) is 6.11. The van der Waals surface area contributed by atoms with E-state index in [9.17, 15) is 13.2 Å². The minimum atomic E-state index is -4.47. The van der Waals surface area contributed by atoms with Crippen LogP contribution in [0.2, 0.25) is 0 Å². The minimum absolute atomic E-state index is 0.0218. The van der Waals surface area contributed by atoms with Crippen LogP contribution in [0.1, 0.15) is 23.6 Å². The first kappa shape index (κ1) is 15.7. The van der Waals surface area contributed by atoms with Gasteiger partial charge >= 0.3 is 6.18 Å². The third-order valence-corrected chi connectivity index (χ3v) is 4.56. The first-order chi connectivity index (χ1) is 11.9. The van der Waals surface area contributed by atoms with E-state index < -0.39 is 11.7 Å². The monoisotopic (exact) mass is 347 g/mol. The molecule has 1 aliphatic rings. The van der Waals surface area contributed by atoms with Crippen LogP contribution in [0.15, 0.2) is 36.8 Å². The number of anilines is 2. The lowest BCUT2D eigenvalue weighted by Gasteiger charge is -2.33.